The molecular formula is C21H19F3N6O3. The summed E-state index contributed by atoms with van der Waals surface area (Å²) in [6.07, 6.45) is -3.20. The van der Waals surface area contributed by atoms with Crippen molar-refractivity contribution < 1.29 is 22.7 Å². The summed E-state index contributed by atoms with van der Waals surface area (Å²) in [6, 6.07) is 9.32. The number of carbonyl (C=O) groups excluding carboxylic acids is 1. The number of hydrogen-bond donors (Lipinski definition) is 2. The van der Waals surface area contributed by atoms with Crippen LogP contribution in [0.15, 0.2) is 47.4 Å². The Bertz CT molecular complexity index is 1370. The maximum Gasteiger partial charge on any atom is 0.435 e. The summed E-state index contributed by atoms with van der Waals surface area (Å²) < 4.78 is 48.3. The SMILES string of the molecule is COCCn1ccc(NC(=O)c2c(C)[nH]c3c(-c4ccccc4)c(C(F)(F)F)nn3c2=O)n1. The molecule has 9 nitrogen and oxygen atoms in total. The van der Waals surface area contributed by atoms with Crippen LogP contribution in [0.25, 0.3) is 16.8 Å². The Hall–Kier alpha value is -3.93. The number of nitrogens with one attached hydrogen (secondary N) is 2. The van der Waals surface area contributed by atoms with Gasteiger partial charge in [-0.3, -0.25) is 14.3 Å². The fourth-order valence-corrected chi connectivity index (χ4v) is 3.45. The number of anilines is 1. The summed E-state index contributed by atoms with van der Waals surface area (Å²) in [5, 5.41) is 10.2. The first-order valence-corrected chi connectivity index (χ1v) is 9.82. The molecule has 4 aromatic rings. The highest BCUT2D eigenvalue weighted by atomic mass is 19.4. The van der Waals surface area contributed by atoms with Crippen molar-refractivity contribution in [3.05, 3.63) is 69.9 Å². The average molecular weight is 460 g/mol. The summed E-state index contributed by atoms with van der Waals surface area (Å²) in [4.78, 5) is 28.6. The van der Waals surface area contributed by atoms with E-state index in [4.69, 9.17) is 4.74 Å². The lowest BCUT2D eigenvalue weighted by Crippen LogP contribution is -2.29. The van der Waals surface area contributed by atoms with Crippen molar-refractivity contribution in [3.8, 4) is 11.1 Å². The second-order valence-corrected chi connectivity index (χ2v) is 7.19. The molecule has 0 spiro atoms. The van der Waals surface area contributed by atoms with Gasteiger partial charge in [-0.05, 0) is 12.5 Å². The largest absolute Gasteiger partial charge is 0.435 e. The molecule has 0 fully saturated rings. The van der Waals surface area contributed by atoms with E-state index < -0.39 is 23.3 Å². The predicted octanol–water partition coefficient (Wildman–Crippen LogP) is 3.11. The summed E-state index contributed by atoms with van der Waals surface area (Å²) in [5.41, 5.74) is -2.68. The van der Waals surface area contributed by atoms with E-state index >= 15 is 0 Å². The van der Waals surface area contributed by atoms with Crippen molar-refractivity contribution in [2.75, 3.05) is 19.0 Å². The van der Waals surface area contributed by atoms with Gasteiger partial charge in [-0.25, -0.2) is 0 Å². The van der Waals surface area contributed by atoms with Crippen molar-refractivity contribution in [1.29, 1.82) is 0 Å². The topological polar surface area (TPSA) is 106 Å². The monoisotopic (exact) mass is 460 g/mol. The summed E-state index contributed by atoms with van der Waals surface area (Å²) in [7, 11) is 1.54. The number of ether oxygens (including phenoxy) is 1. The molecule has 4 rings (SSSR count). The van der Waals surface area contributed by atoms with Crippen LogP contribution in [0.4, 0.5) is 19.0 Å². The molecule has 3 heterocycles. The standard InChI is InChI=1S/C21H19F3N6O3/c1-12-15(19(31)26-14-8-9-29(27-14)10-11-33-2)20(32)30-18(25-12)16(13-6-4-3-5-7-13)17(28-30)21(22,23)24/h3-9,25H,10-11H2,1-2H3,(H,26,27,31). The maximum absolute atomic E-state index is 13.8. The quantitative estimate of drug-likeness (QED) is 0.460. The van der Waals surface area contributed by atoms with Crippen LogP contribution in [0.3, 0.4) is 0 Å². The smallest absolute Gasteiger partial charge is 0.383 e. The highest BCUT2D eigenvalue weighted by Crippen LogP contribution is 2.38. The summed E-state index contributed by atoms with van der Waals surface area (Å²) in [5.74, 6) is -0.644. The fraction of sp³-hybridized carbons (Fsp3) is 0.238. The maximum atomic E-state index is 13.8. The van der Waals surface area contributed by atoms with E-state index in [0.717, 1.165) is 0 Å². The minimum absolute atomic E-state index is 0.0922. The number of alkyl halides is 3. The van der Waals surface area contributed by atoms with Crippen LogP contribution in [0.5, 0.6) is 0 Å². The van der Waals surface area contributed by atoms with E-state index in [0.29, 0.717) is 17.7 Å². The minimum atomic E-state index is -4.82. The number of aromatic amines is 1. The van der Waals surface area contributed by atoms with Crippen LogP contribution < -0.4 is 10.9 Å². The number of nitrogens with zero attached hydrogens (tertiary/aromatic N) is 4. The van der Waals surface area contributed by atoms with Crippen LogP contribution in [0.2, 0.25) is 0 Å². The Morgan fingerprint density at radius 3 is 2.58 bits per heavy atom. The Morgan fingerprint density at radius 2 is 1.91 bits per heavy atom. The highest BCUT2D eigenvalue weighted by Gasteiger charge is 2.39. The number of H-pyrrole nitrogens is 1. The van der Waals surface area contributed by atoms with Crippen molar-refractivity contribution >= 4 is 17.4 Å². The predicted molar refractivity (Wildman–Crippen MR) is 113 cm³/mol. The minimum Gasteiger partial charge on any atom is -0.383 e. The third kappa shape index (κ3) is 4.24. The van der Waals surface area contributed by atoms with E-state index in [9.17, 15) is 22.8 Å². The molecule has 172 valence electrons. The molecule has 0 aliphatic rings. The molecule has 0 atom stereocenters. The van der Waals surface area contributed by atoms with Crippen molar-refractivity contribution in [2.45, 2.75) is 19.6 Å². The highest BCUT2D eigenvalue weighted by molar-refractivity contribution is 6.04. The lowest BCUT2D eigenvalue weighted by atomic mass is 10.1. The van der Waals surface area contributed by atoms with Gasteiger partial charge in [0.2, 0.25) is 0 Å². The van der Waals surface area contributed by atoms with Crippen LogP contribution in [-0.2, 0) is 17.5 Å². The van der Waals surface area contributed by atoms with E-state index in [1.54, 1.807) is 31.5 Å². The van der Waals surface area contributed by atoms with Crippen LogP contribution in [-0.4, -0.2) is 44.0 Å². The van der Waals surface area contributed by atoms with E-state index in [1.807, 2.05) is 0 Å². The number of halogens is 3. The summed E-state index contributed by atoms with van der Waals surface area (Å²) in [6.45, 7) is 2.30. The Balaban J connectivity index is 1.79. The molecule has 0 bridgehead atoms. The molecule has 33 heavy (non-hydrogen) atoms. The number of aryl methyl sites for hydroxylation is 1. The molecule has 0 saturated carbocycles. The number of amides is 1. The molecule has 0 radical (unpaired) electrons. The van der Waals surface area contributed by atoms with Gasteiger partial charge in [-0.1, -0.05) is 30.3 Å². The third-order valence-electron chi connectivity index (χ3n) is 4.94. The van der Waals surface area contributed by atoms with E-state index in [1.165, 1.54) is 29.8 Å². The van der Waals surface area contributed by atoms with Crippen LogP contribution in [0.1, 0.15) is 21.7 Å². The first-order chi connectivity index (χ1) is 15.7. The first-order valence-electron chi connectivity index (χ1n) is 9.82. The number of hydrogen-bond acceptors (Lipinski definition) is 5. The van der Waals surface area contributed by atoms with Gasteiger partial charge >= 0.3 is 6.18 Å². The Kier molecular flexibility index (Phi) is 5.77. The number of benzene rings is 1. The molecule has 1 aromatic carbocycles. The lowest BCUT2D eigenvalue weighted by Gasteiger charge is -2.08. The molecule has 0 aliphatic heterocycles. The molecule has 0 aliphatic carbocycles. The van der Waals surface area contributed by atoms with Gasteiger partial charge in [-0.2, -0.15) is 27.9 Å². The van der Waals surface area contributed by atoms with Gasteiger partial charge in [0.1, 0.15) is 11.2 Å². The number of aromatic nitrogens is 5. The van der Waals surface area contributed by atoms with Crippen LogP contribution in [0, 0.1) is 6.92 Å². The zero-order chi connectivity index (χ0) is 23.8. The fourth-order valence-electron chi connectivity index (χ4n) is 3.45. The number of fused-ring (bicyclic) bond motifs is 1. The normalized spacial score (nSPS) is 11.8. The molecule has 12 heteroatoms. The van der Waals surface area contributed by atoms with Gasteiger partial charge in [0.15, 0.2) is 11.5 Å². The molecular weight excluding hydrogens is 441 g/mol. The van der Waals surface area contributed by atoms with Crippen molar-refractivity contribution in [3.63, 3.8) is 0 Å². The van der Waals surface area contributed by atoms with Gasteiger partial charge in [0.05, 0.1) is 18.7 Å². The van der Waals surface area contributed by atoms with E-state index in [2.05, 4.69) is 20.5 Å². The van der Waals surface area contributed by atoms with E-state index in [-0.39, 0.29) is 33.8 Å². The number of carbonyl (C=O) groups is 1. The Morgan fingerprint density at radius 1 is 1.18 bits per heavy atom. The zero-order valence-electron chi connectivity index (χ0n) is 17.6. The van der Waals surface area contributed by atoms with Gasteiger partial charge in [-0.15, -0.1) is 0 Å². The summed E-state index contributed by atoms with van der Waals surface area (Å²) >= 11 is 0. The average Bonchev–Trinajstić information content (AvgIpc) is 3.37. The second kappa shape index (κ2) is 8.54. The molecule has 0 saturated heterocycles. The molecule has 3 aromatic heterocycles. The number of methoxy groups -OCH3 is 1. The zero-order valence-corrected chi connectivity index (χ0v) is 17.6. The number of rotatable bonds is 6. The van der Waals surface area contributed by atoms with Gasteiger partial charge in [0, 0.05) is 25.1 Å². The Labute approximate surface area is 184 Å². The van der Waals surface area contributed by atoms with Crippen molar-refractivity contribution in [1.82, 2.24) is 24.4 Å². The van der Waals surface area contributed by atoms with Gasteiger partial charge in [0.25, 0.3) is 11.5 Å². The van der Waals surface area contributed by atoms with Gasteiger partial charge < -0.3 is 15.0 Å². The third-order valence-corrected chi connectivity index (χ3v) is 4.94. The molecule has 0 unspecified atom stereocenters. The lowest BCUT2D eigenvalue weighted by molar-refractivity contribution is -0.140. The van der Waals surface area contributed by atoms with Crippen molar-refractivity contribution in [2.24, 2.45) is 0 Å². The van der Waals surface area contributed by atoms with Crippen LogP contribution >= 0.6 is 0 Å². The molecule has 2 N–H and O–H groups in total. The molecule has 1 amide bonds. The second-order valence-electron chi connectivity index (χ2n) is 7.19. The first kappa shape index (κ1) is 22.3.